The minimum Gasteiger partial charge on any atom is -0.391 e. The first-order chi connectivity index (χ1) is 8.06. The standard InChI is InChI=1S/C11H15ClN4O/c1-7(2)9(17)5-13-11-14-10-4-3-8(12)6-16(10)15-11/h3-4,6-7,9,17H,5H2,1-2H3,(H,13,15). The lowest BCUT2D eigenvalue weighted by Gasteiger charge is -2.13. The van der Waals surface area contributed by atoms with Crippen LogP contribution in [0.4, 0.5) is 5.95 Å². The van der Waals surface area contributed by atoms with Crippen LogP contribution in [0.15, 0.2) is 18.3 Å². The molecular weight excluding hydrogens is 240 g/mol. The van der Waals surface area contributed by atoms with Crippen molar-refractivity contribution in [3.05, 3.63) is 23.4 Å². The van der Waals surface area contributed by atoms with Crippen LogP contribution in [0.1, 0.15) is 13.8 Å². The van der Waals surface area contributed by atoms with Crippen molar-refractivity contribution >= 4 is 23.2 Å². The van der Waals surface area contributed by atoms with Gasteiger partial charge in [0.2, 0.25) is 5.95 Å². The highest BCUT2D eigenvalue weighted by atomic mass is 35.5. The normalized spacial score (nSPS) is 13.2. The summed E-state index contributed by atoms with van der Waals surface area (Å²) in [4.78, 5) is 4.26. The summed E-state index contributed by atoms with van der Waals surface area (Å²) < 4.78 is 1.60. The molecule has 5 nitrogen and oxygen atoms in total. The molecule has 0 spiro atoms. The van der Waals surface area contributed by atoms with Gasteiger partial charge in [-0.25, -0.2) is 4.52 Å². The largest absolute Gasteiger partial charge is 0.391 e. The summed E-state index contributed by atoms with van der Waals surface area (Å²) >= 11 is 5.85. The molecule has 2 aromatic rings. The summed E-state index contributed by atoms with van der Waals surface area (Å²) in [6.07, 6.45) is 1.28. The molecule has 0 bridgehead atoms. The second kappa shape index (κ2) is 4.89. The zero-order valence-corrected chi connectivity index (χ0v) is 10.5. The number of nitrogens with zero attached hydrogens (tertiary/aromatic N) is 3. The highest BCUT2D eigenvalue weighted by Gasteiger charge is 2.10. The van der Waals surface area contributed by atoms with Crippen molar-refractivity contribution in [2.75, 3.05) is 11.9 Å². The number of anilines is 1. The first-order valence-corrected chi connectivity index (χ1v) is 5.88. The fourth-order valence-electron chi connectivity index (χ4n) is 1.36. The Morgan fingerprint density at radius 3 is 2.94 bits per heavy atom. The van der Waals surface area contributed by atoms with Crippen molar-refractivity contribution in [1.29, 1.82) is 0 Å². The van der Waals surface area contributed by atoms with E-state index < -0.39 is 6.10 Å². The molecule has 2 heterocycles. The molecule has 0 aromatic carbocycles. The fourth-order valence-corrected chi connectivity index (χ4v) is 1.52. The molecule has 0 amide bonds. The van der Waals surface area contributed by atoms with Gasteiger partial charge in [-0.2, -0.15) is 4.98 Å². The van der Waals surface area contributed by atoms with E-state index in [-0.39, 0.29) is 5.92 Å². The zero-order chi connectivity index (χ0) is 12.4. The number of hydrogen-bond donors (Lipinski definition) is 2. The number of aliphatic hydroxyl groups is 1. The van der Waals surface area contributed by atoms with Gasteiger partial charge in [-0.3, -0.25) is 0 Å². The fraction of sp³-hybridized carbons (Fsp3) is 0.455. The highest BCUT2D eigenvalue weighted by Crippen LogP contribution is 2.11. The molecule has 0 saturated carbocycles. The van der Waals surface area contributed by atoms with Crippen LogP contribution in [0.5, 0.6) is 0 Å². The molecule has 0 saturated heterocycles. The van der Waals surface area contributed by atoms with Crippen LogP contribution < -0.4 is 5.32 Å². The second-order valence-electron chi connectivity index (χ2n) is 4.28. The SMILES string of the molecule is CC(C)C(O)CNc1nc2ccc(Cl)cn2n1. The van der Waals surface area contributed by atoms with Crippen LogP contribution in [-0.4, -0.2) is 32.4 Å². The van der Waals surface area contributed by atoms with Gasteiger partial charge in [0, 0.05) is 12.7 Å². The van der Waals surface area contributed by atoms with Gasteiger partial charge < -0.3 is 10.4 Å². The molecule has 0 aliphatic rings. The van der Waals surface area contributed by atoms with Crippen LogP contribution in [0.2, 0.25) is 5.02 Å². The van der Waals surface area contributed by atoms with Crippen molar-refractivity contribution in [3.8, 4) is 0 Å². The topological polar surface area (TPSA) is 62.5 Å². The van der Waals surface area contributed by atoms with Gasteiger partial charge in [0.1, 0.15) is 0 Å². The smallest absolute Gasteiger partial charge is 0.243 e. The Hall–Kier alpha value is -1.33. The lowest BCUT2D eigenvalue weighted by atomic mass is 10.1. The summed E-state index contributed by atoms with van der Waals surface area (Å²) in [5, 5.41) is 17.5. The predicted molar refractivity (Wildman–Crippen MR) is 67.3 cm³/mol. The molecule has 92 valence electrons. The van der Waals surface area contributed by atoms with Gasteiger partial charge >= 0.3 is 0 Å². The third kappa shape index (κ3) is 2.87. The van der Waals surface area contributed by atoms with Crippen molar-refractivity contribution < 1.29 is 5.11 Å². The number of pyridine rings is 1. The van der Waals surface area contributed by atoms with Crippen LogP contribution in [-0.2, 0) is 0 Å². The van der Waals surface area contributed by atoms with E-state index in [4.69, 9.17) is 11.6 Å². The summed E-state index contributed by atoms with van der Waals surface area (Å²) in [6, 6.07) is 3.55. The maximum atomic E-state index is 9.66. The van der Waals surface area contributed by atoms with Crippen molar-refractivity contribution in [1.82, 2.24) is 14.6 Å². The molecule has 2 rings (SSSR count). The Bertz CT molecular complexity index is 511. The monoisotopic (exact) mass is 254 g/mol. The molecule has 1 atom stereocenters. The Kier molecular flexibility index (Phi) is 3.49. The van der Waals surface area contributed by atoms with Gasteiger partial charge in [-0.1, -0.05) is 25.4 Å². The Morgan fingerprint density at radius 1 is 1.47 bits per heavy atom. The number of rotatable bonds is 4. The lowest BCUT2D eigenvalue weighted by Crippen LogP contribution is -2.25. The maximum absolute atomic E-state index is 9.66. The van der Waals surface area contributed by atoms with Gasteiger partial charge in [-0.05, 0) is 18.1 Å². The third-order valence-electron chi connectivity index (χ3n) is 2.53. The average Bonchev–Trinajstić information content (AvgIpc) is 2.67. The maximum Gasteiger partial charge on any atom is 0.243 e. The summed E-state index contributed by atoms with van der Waals surface area (Å²) in [5.41, 5.74) is 0.718. The Balaban J connectivity index is 2.09. The first kappa shape index (κ1) is 12.1. The van der Waals surface area contributed by atoms with E-state index in [9.17, 15) is 5.11 Å². The second-order valence-corrected chi connectivity index (χ2v) is 4.71. The Morgan fingerprint density at radius 2 is 2.24 bits per heavy atom. The molecule has 0 aliphatic carbocycles. The van der Waals surface area contributed by atoms with Crippen molar-refractivity contribution in [2.24, 2.45) is 5.92 Å². The van der Waals surface area contributed by atoms with Crippen LogP contribution in [0.3, 0.4) is 0 Å². The number of aromatic nitrogens is 3. The van der Waals surface area contributed by atoms with E-state index in [1.165, 1.54) is 0 Å². The van der Waals surface area contributed by atoms with E-state index in [0.717, 1.165) is 5.65 Å². The number of hydrogen-bond acceptors (Lipinski definition) is 4. The Labute approximate surface area is 104 Å². The van der Waals surface area contributed by atoms with Crippen LogP contribution in [0.25, 0.3) is 5.65 Å². The molecule has 17 heavy (non-hydrogen) atoms. The molecular formula is C11H15ClN4O. The highest BCUT2D eigenvalue weighted by molar-refractivity contribution is 6.30. The van der Waals surface area contributed by atoms with E-state index >= 15 is 0 Å². The zero-order valence-electron chi connectivity index (χ0n) is 9.76. The summed E-state index contributed by atoms with van der Waals surface area (Å²) in [5.74, 6) is 0.695. The molecule has 2 N–H and O–H groups in total. The molecule has 0 aliphatic heterocycles. The van der Waals surface area contributed by atoms with E-state index in [1.54, 1.807) is 22.8 Å². The van der Waals surface area contributed by atoms with E-state index in [0.29, 0.717) is 17.5 Å². The molecule has 0 radical (unpaired) electrons. The van der Waals surface area contributed by atoms with Gasteiger partial charge in [-0.15, -0.1) is 5.10 Å². The summed E-state index contributed by atoms with van der Waals surface area (Å²) in [6.45, 7) is 4.36. The number of nitrogens with one attached hydrogen (secondary N) is 1. The van der Waals surface area contributed by atoms with E-state index in [1.807, 2.05) is 13.8 Å². The van der Waals surface area contributed by atoms with Gasteiger partial charge in [0.15, 0.2) is 5.65 Å². The number of fused-ring (bicyclic) bond motifs is 1. The molecule has 6 heteroatoms. The van der Waals surface area contributed by atoms with Crippen LogP contribution >= 0.6 is 11.6 Å². The average molecular weight is 255 g/mol. The number of halogens is 1. The minimum absolute atomic E-state index is 0.203. The molecule has 0 fully saturated rings. The van der Waals surface area contributed by atoms with E-state index in [2.05, 4.69) is 15.4 Å². The summed E-state index contributed by atoms with van der Waals surface area (Å²) in [7, 11) is 0. The van der Waals surface area contributed by atoms with Gasteiger partial charge in [0.25, 0.3) is 0 Å². The molecule has 2 aromatic heterocycles. The first-order valence-electron chi connectivity index (χ1n) is 5.50. The van der Waals surface area contributed by atoms with Gasteiger partial charge in [0.05, 0.1) is 11.1 Å². The van der Waals surface area contributed by atoms with Crippen LogP contribution in [0, 0.1) is 5.92 Å². The third-order valence-corrected chi connectivity index (χ3v) is 2.76. The minimum atomic E-state index is -0.412. The number of aliphatic hydroxyl groups excluding tert-OH is 1. The van der Waals surface area contributed by atoms with Crippen molar-refractivity contribution in [2.45, 2.75) is 20.0 Å². The lowest BCUT2D eigenvalue weighted by molar-refractivity contribution is 0.137. The van der Waals surface area contributed by atoms with Crippen molar-refractivity contribution in [3.63, 3.8) is 0 Å². The predicted octanol–water partition coefficient (Wildman–Crippen LogP) is 1.81. The quantitative estimate of drug-likeness (QED) is 0.874. The molecule has 1 unspecified atom stereocenters.